The number of carbonyl (C=O) groups excluding carboxylic acids is 1. The molecule has 0 unspecified atom stereocenters. The summed E-state index contributed by atoms with van der Waals surface area (Å²) >= 11 is 6.35. The molecule has 0 aliphatic carbocycles. The van der Waals surface area contributed by atoms with Gasteiger partial charge < -0.3 is 15.0 Å². The zero-order valence-electron chi connectivity index (χ0n) is 13.8. The quantitative estimate of drug-likeness (QED) is 0.349. The molecular formula is C17H13ClFN7O. The molecule has 4 rings (SSSR count). The highest BCUT2D eigenvalue weighted by Crippen LogP contribution is 2.40. The summed E-state index contributed by atoms with van der Waals surface area (Å²) in [5.74, 6) is -0.236. The molecule has 3 N–H and O–H groups in total. The van der Waals surface area contributed by atoms with Crippen molar-refractivity contribution in [2.75, 3.05) is 17.2 Å². The van der Waals surface area contributed by atoms with E-state index in [-0.39, 0.29) is 10.7 Å². The van der Waals surface area contributed by atoms with E-state index in [2.05, 4.69) is 37.4 Å². The first-order chi connectivity index (χ1) is 13.1. The molecule has 0 saturated carbocycles. The number of amides is 1. The van der Waals surface area contributed by atoms with Gasteiger partial charge in [0.2, 0.25) is 6.41 Å². The van der Waals surface area contributed by atoms with Crippen LogP contribution >= 0.6 is 11.6 Å². The third-order valence-corrected chi connectivity index (χ3v) is 4.37. The smallest absolute Gasteiger partial charge is 0.212 e. The molecule has 0 bridgehead atoms. The molecule has 0 fully saturated rings. The van der Waals surface area contributed by atoms with Crippen LogP contribution < -0.4 is 10.6 Å². The summed E-state index contributed by atoms with van der Waals surface area (Å²) in [4.78, 5) is 19.1. The second-order valence-corrected chi connectivity index (χ2v) is 6.01. The summed E-state index contributed by atoms with van der Waals surface area (Å²) in [6.07, 6.45) is 8.49. The van der Waals surface area contributed by atoms with Crippen LogP contribution in [0.1, 0.15) is 0 Å². The highest BCUT2D eigenvalue weighted by atomic mass is 35.5. The van der Waals surface area contributed by atoms with E-state index in [1.54, 1.807) is 29.1 Å². The van der Waals surface area contributed by atoms with Crippen LogP contribution in [0.3, 0.4) is 0 Å². The van der Waals surface area contributed by atoms with Crippen LogP contribution in [-0.2, 0) is 4.79 Å². The number of aromatic nitrogens is 5. The highest BCUT2D eigenvalue weighted by Gasteiger charge is 2.22. The average molecular weight is 386 g/mol. The third kappa shape index (κ3) is 2.77. The first-order valence-corrected chi connectivity index (χ1v) is 8.26. The Morgan fingerprint density at radius 3 is 3.00 bits per heavy atom. The zero-order valence-corrected chi connectivity index (χ0v) is 14.6. The van der Waals surface area contributed by atoms with Crippen molar-refractivity contribution in [1.29, 1.82) is 0 Å². The molecule has 27 heavy (non-hydrogen) atoms. The Balaban J connectivity index is 1.92. The lowest BCUT2D eigenvalue weighted by molar-refractivity contribution is -0.105. The lowest BCUT2D eigenvalue weighted by Crippen LogP contribution is -2.03. The van der Waals surface area contributed by atoms with Gasteiger partial charge in [-0.25, -0.2) is 9.37 Å². The fraction of sp³-hybridized carbons (Fsp3) is 0.0588. The van der Waals surface area contributed by atoms with E-state index in [0.29, 0.717) is 46.6 Å². The monoisotopic (exact) mass is 385 g/mol. The lowest BCUT2D eigenvalue weighted by Gasteiger charge is -2.13. The number of rotatable bonds is 6. The summed E-state index contributed by atoms with van der Waals surface area (Å²) in [5, 5.41) is 12.8. The van der Waals surface area contributed by atoms with Gasteiger partial charge in [-0.05, 0) is 0 Å². The number of halogens is 2. The van der Waals surface area contributed by atoms with Crippen LogP contribution in [0.5, 0.6) is 0 Å². The minimum absolute atomic E-state index is 0.0753. The first kappa shape index (κ1) is 17.0. The number of fused-ring (bicyclic) bond motifs is 2. The molecule has 0 radical (unpaired) electrons. The van der Waals surface area contributed by atoms with Crippen molar-refractivity contribution in [1.82, 2.24) is 24.6 Å². The predicted molar refractivity (Wildman–Crippen MR) is 101 cm³/mol. The van der Waals surface area contributed by atoms with Gasteiger partial charge in [0.25, 0.3) is 0 Å². The van der Waals surface area contributed by atoms with Crippen LogP contribution in [0.2, 0.25) is 5.02 Å². The standard InChI is InChI=1S/C17H13ClFN7O/c1-2-3-20-17-15(19)14(18)13(9-4-23-25-16(9)17)10-6-26-7-11(22-8-27)24-12(26)5-21-10/h2,4-8,20H,1,3H2,(H,22,27)(H,23,25). The maximum Gasteiger partial charge on any atom is 0.212 e. The van der Waals surface area contributed by atoms with Crippen molar-refractivity contribution >= 4 is 46.1 Å². The number of anilines is 2. The SMILES string of the molecule is C=CCNc1c(F)c(Cl)c(-c2cn3cc(NC=O)nc3cn2)c2cn[nH]c12. The van der Waals surface area contributed by atoms with Gasteiger partial charge in [-0.2, -0.15) is 5.10 Å². The van der Waals surface area contributed by atoms with E-state index in [0.717, 1.165) is 0 Å². The molecule has 0 spiro atoms. The van der Waals surface area contributed by atoms with E-state index in [9.17, 15) is 9.18 Å². The number of nitrogens with zero attached hydrogens (tertiary/aromatic N) is 4. The average Bonchev–Trinajstić information content (AvgIpc) is 3.28. The van der Waals surface area contributed by atoms with Crippen molar-refractivity contribution in [2.24, 2.45) is 0 Å². The Hall–Kier alpha value is -3.46. The number of imidazole rings is 1. The van der Waals surface area contributed by atoms with Crippen molar-refractivity contribution in [3.63, 3.8) is 0 Å². The van der Waals surface area contributed by atoms with Gasteiger partial charge in [0.15, 0.2) is 17.3 Å². The Morgan fingerprint density at radius 1 is 1.37 bits per heavy atom. The summed E-state index contributed by atoms with van der Waals surface area (Å²) in [6, 6.07) is 0. The number of aromatic amines is 1. The summed E-state index contributed by atoms with van der Waals surface area (Å²) in [7, 11) is 0. The Morgan fingerprint density at radius 2 is 2.22 bits per heavy atom. The highest BCUT2D eigenvalue weighted by molar-refractivity contribution is 6.35. The molecule has 1 aromatic carbocycles. The van der Waals surface area contributed by atoms with Crippen LogP contribution in [0, 0.1) is 5.82 Å². The van der Waals surface area contributed by atoms with Crippen LogP contribution in [0.15, 0.2) is 37.4 Å². The van der Waals surface area contributed by atoms with E-state index in [4.69, 9.17) is 11.6 Å². The van der Waals surface area contributed by atoms with Gasteiger partial charge in [0.05, 0.1) is 40.5 Å². The van der Waals surface area contributed by atoms with Crippen LogP contribution in [0.4, 0.5) is 15.9 Å². The molecule has 10 heteroatoms. The third-order valence-electron chi connectivity index (χ3n) is 4.02. The Kier molecular flexibility index (Phi) is 4.21. The maximum atomic E-state index is 14.9. The number of nitrogens with one attached hydrogen (secondary N) is 3. The molecule has 4 aromatic rings. The van der Waals surface area contributed by atoms with Crippen LogP contribution in [-0.4, -0.2) is 37.5 Å². The number of hydrogen-bond acceptors (Lipinski definition) is 5. The molecule has 8 nitrogen and oxygen atoms in total. The second kappa shape index (κ2) is 6.69. The van der Waals surface area contributed by atoms with Gasteiger partial charge in [-0.1, -0.05) is 17.7 Å². The minimum Gasteiger partial charge on any atom is -0.377 e. The summed E-state index contributed by atoms with van der Waals surface area (Å²) < 4.78 is 16.6. The van der Waals surface area contributed by atoms with Crippen LogP contribution in [0.25, 0.3) is 27.8 Å². The molecule has 3 heterocycles. The number of carbonyl (C=O) groups is 1. The van der Waals surface area contributed by atoms with E-state index in [1.807, 2.05) is 0 Å². The van der Waals surface area contributed by atoms with Gasteiger partial charge >= 0.3 is 0 Å². The molecule has 0 aliphatic rings. The molecule has 136 valence electrons. The Bertz CT molecular complexity index is 1180. The van der Waals surface area contributed by atoms with Gasteiger partial charge in [0.1, 0.15) is 0 Å². The normalized spacial score (nSPS) is 11.0. The van der Waals surface area contributed by atoms with Gasteiger partial charge in [-0.15, -0.1) is 6.58 Å². The number of hydrogen-bond donors (Lipinski definition) is 3. The molecule has 1 amide bonds. The predicted octanol–water partition coefficient (Wildman–Crippen LogP) is 3.23. The molecule has 3 aromatic heterocycles. The van der Waals surface area contributed by atoms with E-state index in [1.165, 1.54) is 6.20 Å². The minimum atomic E-state index is -0.610. The zero-order chi connectivity index (χ0) is 19.0. The van der Waals surface area contributed by atoms with Gasteiger partial charge in [0, 0.05) is 23.7 Å². The van der Waals surface area contributed by atoms with E-state index >= 15 is 0 Å². The topological polar surface area (TPSA) is 100 Å². The largest absolute Gasteiger partial charge is 0.377 e. The first-order valence-electron chi connectivity index (χ1n) is 7.88. The maximum absolute atomic E-state index is 14.9. The molecule has 0 atom stereocenters. The van der Waals surface area contributed by atoms with E-state index < -0.39 is 5.82 Å². The Labute approximate surface area is 157 Å². The van der Waals surface area contributed by atoms with Crippen molar-refractivity contribution < 1.29 is 9.18 Å². The summed E-state index contributed by atoms with van der Waals surface area (Å²) in [5.41, 5.74) is 2.06. The number of benzene rings is 1. The van der Waals surface area contributed by atoms with Crippen molar-refractivity contribution in [3.05, 3.63) is 48.3 Å². The molecule has 0 saturated heterocycles. The fourth-order valence-corrected chi connectivity index (χ4v) is 3.16. The second-order valence-electron chi connectivity index (χ2n) is 5.63. The molecule has 0 aliphatic heterocycles. The molecular weight excluding hydrogens is 373 g/mol. The lowest BCUT2D eigenvalue weighted by atomic mass is 10.1. The fourth-order valence-electron chi connectivity index (χ4n) is 2.86. The van der Waals surface area contributed by atoms with Gasteiger partial charge in [-0.3, -0.25) is 14.9 Å². The summed E-state index contributed by atoms with van der Waals surface area (Å²) in [6.45, 7) is 3.98. The van der Waals surface area contributed by atoms with Crippen molar-refractivity contribution in [2.45, 2.75) is 0 Å². The van der Waals surface area contributed by atoms with Crippen molar-refractivity contribution in [3.8, 4) is 11.3 Å². The number of H-pyrrole nitrogens is 1.